The van der Waals surface area contributed by atoms with Gasteiger partial charge in [-0.05, 0) is 44.9 Å². The van der Waals surface area contributed by atoms with Gasteiger partial charge in [0.2, 0.25) is 0 Å². The summed E-state index contributed by atoms with van der Waals surface area (Å²) in [7, 11) is 5.47. The number of nitrogens with zero attached hydrogens (tertiary/aromatic N) is 1. The highest BCUT2D eigenvalue weighted by Gasteiger charge is 2.31. The highest BCUT2D eigenvalue weighted by molar-refractivity contribution is 5.72. The molecule has 0 saturated carbocycles. The molecule has 1 N–H and O–H groups in total. The van der Waals surface area contributed by atoms with Crippen LogP contribution in [0.15, 0.2) is 122 Å². The lowest BCUT2D eigenvalue weighted by Gasteiger charge is -2.31. The minimum absolute atomic E-state index is 0.0179. The number of rotatable bonds is 33. The van der Waals surface area contributed by atoms with Gasteiger partial charge in [-0.3, -0.25) is 9.59 Å². The number of ether oxygens (including phenoxy) is 3. The Morgan fingerprint density at radius 3 is 1.56 bits per heavy atom. The summed E-state index contributed by atoms with van der Waals surface area (Å²) in [6.45, 7) is 4.35. The van der Waals surface area contributed by atoms with Crippen LogP contribution in [0.4, 0.5) is 0 Å². The van der Waals surface area contributed by atoms with Crippen molar-refractivity contribution in [1.82, 2.24) is 0 Å². The first-order valence-corrected chi connectivity index (χ1v) is 20.2. The fraction of sp³-hybridized carbons (Fsp3) is 0.511. The van der Waals surface area contributed by atoms with Crippen molar-refractivity contribution in [2.24, 2.45) is 0 Å². The number of aliphatic carboxylic acids is 1. The first kappa shape index (κ1) is 50.7. The van der Waals surface area contributed by atoms with Crippen molar-refractivity contribution >= 4 is 17.9 Å². The van der Waals surface area contributed by atoms with Gasteiger partial charge in [0, 0.05) is 19.3 Å². The topological polar surface area (TPSA) is 99.1 Å². The smallest absolute Gasteiger partial charge is 0.362 e. The second kappa shape index (κ2) is 36.7. The van der Waals surface area contributed by atoms with E-state index in [-0.39, 0.29) is 49.1 Å². The molecule has 55 heavy (non-hydrogen) atoms. The van der Waals surface area contributed by atoms with Crippen molar-refractivity contribution in [1.29, 1.82) is 0 Å². The van der Waals surface area contributed by atoms with Gasteiger partial charge in [0.05, 0.1) is 34.4 Å². The molecule has 0 aromatic rings. The van der Waals surface area contributed by atoms with E-state index >= 15 is 0 Å². The molecule has 0 spiro atoms. The third-order valence-corrected chi connectivity index (χ3v) is 8.08. The number of esters is 2. The van der Waals surface area contributed by atoms with Gasteiger partial charge >= 0.3 is 17.9 Å². The number of likely N-dealkylation sites (N-methyl/N-ethyl adjacent to an activating group) is 1. The number of hydrogen-bond donors (Lipinski definition) is 1. The number of hydrogen-bond acceptors (Lipinski definition) is 6. The molecule has 0 heterocycles. The number of allylic oxidation sites excluding steroid dienone is 20. The third kappa shape index (κ3) is 35.2. The molecule has 8 nitrogen and oxygen atoms in total. The van der Waals surface area contributed by atoms with E-state index in [0.717, 1.165) is 57.8 Å². The van der Waals surface area contributed by atoms with Crippen LogP contribution in [0.25, 0.3) is 0 Å². The van der Waals surface area contributed by atoms with Gasteiger partial charge < -0.3 is 23.8 Å². The maximum absolute atomic E-state index is 12.7. The molecule has 0 saturated heterocycles. The Balaban J connectivity index is 4.59. The summed E-state index contributed by atoms with van der Waals surface area (Å²) in [6.07, 6.45) is 51.0. The molecule has 0 fully saturated rings. The number of carbonyl (C=O) groups excluding carboxylic acids is 2. The van der Waals surface area contributed by atoms with E-state index in [1.54, 1.807) is 0 Å². The van der Waals surface area contributed by atoms with Gasteiger partial charge in [-0.2, -0.15) is 0 Å². The zero-order valence-electron chi connectivity index (χ0n) is 34.6. The van der Waals surface area contributed by atoms with E-state index in [0.29, 0.717) is 12.8 Å². The van der Waals surface area contributed by atoms with Crippen LogP contribution in [0, 0.1) is 0 Å². The number of unbranched alkanes of at least 4 members (excludes halogenated alkanes) is 7. The van der Waals surface area contributed by atoms with Crippen molar-refractivity contribution in [2.75, 3.05) is 41.0 Å². The fourth-order valence-electron chi connectivity index (χ4n) is 4.97. The van der Waals surface area contributed by atoms with Crippen LogP contribution in [-0.2, 0) is 28.6 Å². The molecule has 0 aromatic carbocycles. The minimum atomic E-state index is -0.897. The predicted octanol–water partition coefficient (Wildman–Crippen LogP) is 10.7. The average Bonchev–Trinajstić information content (AvgIpc) is 3.14. The summed E-state index contributed by atoms with van der Waals surface area (Å²) in [5.41, 5.74) is 0. The molecule has 0 aromatic heterocycles. The fourth-order valence-corrected chi connectivity index (χ4v) is 4.97. The van der Waals surface area contributed by atoms with Crippen molar-refractivity contribution < 1.29 is 38.2 Å². The molecule has 0 radical (unpaired) electrons. The maximum Gasteiger partial charge on any atom is 0.362 e. The first-order valence-electron chi connectivity index (χ1n) is 20.2. The van der Waals surface area contributed by atoms with Crippen LogP contribution in [0.2, 0.25) is 0 Å². The Hall–Kier alpha value is -4.27. The Morgan fingerprint density at radius 1 is 0.564 bits per heavy atom. The number of carboxylic acids is 1. The van der Waals surface area contributed by atoms with Crippen molar-refractivity contribution in [3.63, 3.8) is 0 Å². The zero-order valence-corrected chi connectivity index (χ0v) is 34.6. The molecule has 0 aliphatic heterocycles. The molecule has 0 rings (SSSR count). The van der Waals surface area contributed by atoms with Crippen LogP contribution in [0.5, 0.6) is 0 Å². The minimum Gasteiger partial charge on any atom is -0.477 e. The van der Waals surface area contributed by atoms with Crippen LogP contribution in [-0.4, -0.2) is 80.6 Å². The third-order valence-electron chi connectivity index (χ3n) is 8.08. The number of carboxylic acid groups (broad SMARTS) is 1. The second-order valence-corrected chi connectivity index (χ2v) is 14.0. The van der Waals surface area contributed by atoms with E-state index < -0.39 is 18.1 Å². The molecule has 306 valence electrons. The monoisotopic (exact) mass is 763 g/mol. The summed E-state index contributed by atoms with van der Waals surface area (Å²) < 4.78 is 17.1. The maximum atomic E-state index is 12.7. The highest BCUT2D eigenvalue weighted by Crippen LogP contribution is 2.12. The van der Waals surface area contributed by atoms with E-state index in [2.05, 4.69) is 44.2 Å². The molecule has 2 atom stereocenters. The van der Waals surface area contributed by atoms with E-state index in [4.69, 9.17) is 14.2 Å². The molecular formula is C47H72NO7+. The Morgan fingerprint density at radius 2 is 1.04 bits per heavy atom. The molecule has 0 aliphatic rings. The molecule has 8 heteroatoms. The lowest BCUT2D eigenvalue weighted by Crippen LogP contribution is -2.50. The van der Waals surface area contributed by atoms with Crippen LogP contribution in [0.1, 0.15) is 104 Å². The number of quaternary nitrogens is 1. The summed E-state index contributed by atoms with van der Waals surface area (Å²) in [4.78, 5) is 36.9. The van der Waals surface area contributed by atoms with Gasteiger partial charge in [-0.1, -0.05) is 161 Å². The number of carbonyl (C=O) groups is 3. The van der Waals surface area contributed by atoms with E-state index in [1.807, 2.05) is 112 Å². The van der Waals surface area contributed by atoms with Crippen molar-refractivity contribution in [3.8, 4) is 0 Å². The van der Waals surface area contributed by atoms with E-state index in [9.17, 15) is 19.5 Å². The highest BCUT2D eigenvalue weighted by atomic mass is 16.6. The van der Waals surface area contributed by atoms with Gasteiger partial charge in [0.25, 0.3) is 0 Å². The van der Waals surface area contributed by atoms with Gasteiger partial charge in [0.15, 0.2) is 12.1 Å². The van der Waals surface area contributed by atoms with Gasteiger partial charge in [0.1, 0.15) is 6.61 Å². The van der Waals surface area contributed by atoms with E-state index in [1.165, 1.54) is 6.42 Å². The van der Waals surface area contributed by atoms with Crippen molar-refractivity contribution in [2.45, 2.75) is 116 Å². The normalized spacial score (nSPS) is 14.3. The Labute approximate surface area is 333 Å². The van der Waals surface area contributed by atoms with Gasteiger partial charge in [-0.15, -0.1) is 0 Å². The Kier molecular flexibility index (Phi) is 33.8. The average molecular weight is 763 g/mol. The molecule has 0 bridgehead atoms. The quantitative estimate of drug-likeness (QED) is 0.0308. The lowest BCUT2D eigenvalue weighted by molar-refractivity contribution is -0.887. The summed E-state index contributed by atoms with van der Waals surface area (Å²) in [6, 6.07) is -0.638. The summed E-state index contributed by atoms with van der Waals surface area (Å²) in [5, 5.41) is 9.60. The standard InChI is InChI=1S/C47H71NO7/c1-6-8-10-12-14-16-18-20-21-22-23-24-26-28-30-32-34-36-38-46(50)55-43(41-53-40-39-44(47(51)52)48(3,4)5)42-54-45(49)37-35-33-31-29-27-25-19-17-15-13-11-9-7-2/h9-25,27,29,31,43-44H,6-8,26,28,30,32-42H2,1-5H3/p+1/b11-9+,12-10+,15-13+,16-14+,19-17+,20-18+,22-21+,24-23+,27-25+,31-29+. The van der Waals surface area contributed by atoms with Crippen molar-refractivity contribution in [3.05, 3.63) is 122 Å². The lowest BCUT2D eigenvalue weighted by atomic mass is 10.1. The van der Waals surface area contributed by atoms with Crippen LogP contribution >= 0.6 is 0 Å². The summed E-state index contributed by atoms with van der Waals surface area (Å²) >= 11 is 0. The summed E-state index contributed by atoms with van der Waals surface area (Å²) in [5.74, 6) is -1.62. The first-order chi connectivity index (χ1) is 26.6. The van der Waals surface area contributed by atoms with Crippen LogP contribution < -0.4 is 0 Å². The van der Waals surface area contributed by atoms with Gasteiger partial charge in [-0.25, -0.2) is 4.79 Å². The molecule has 0 amide bonds. The largest absolute Gasteiger partial charge is 0.477 e. The SMILES string of the molecule is CC/C=C/C=C/C=C/C=C/C=C/CCCC(=O)OCC(COCCC(C(=O)O)[N+](C)(C)C)OC(=O)CCCCCCC/C=C/C=C/C=C/C=C/C=C/CCC. The molecular weight excluding hydrogens is 691 g/mol. The second-order valence-electron chi connectivity index (χ2n) is 14.0. The molecule has 2 unspecified atom stereocenters. The molecule has 0 aliphatic carbocycles. The van der Waals surface area contributed by atoms with Crippen LogP contribution in [0.3, 0.4) is 0 Å². The Bertz CT molecular complexity index is 1300. The zero-order chi connectivity index (χ0) is 40.7. The predicted molar refractivity (Wildman–Crippen MR) is 229 cm³/mol.